The van der Waals surface area contributed by atoms with Crippen molar-refractivity contribution in [3.8, 4) is 0 Å². The van der Waals surface area contributed by atoms with Crippen LogP contribution in [0.2, 0.25) is 0 Å². The molecule has 5 nitrogen and oxygen atoms in total. The summed E-state index contributed by atoms with van der Waals surface area (Å²) < 4.78 is 0. The van der Waals surface area contributed by atoms with E-state index in [4.69, 9.17) is 5.11 Å². The molecule has 0 saturated carbocycles. The predicted molar refractivity (Wildman–Crippen MR) is 76.8 cm³/mol. The van der Waals surface area contributed by atoms with Gasteiger partial charge in [0.05, 0.1) is 5.92 Å². The van der Waals surface area contributed by atoms with Gasteiger partial charge in [-0.3, -0.25) is 4.79 Å². The first kappa shape index (κ1) is 14.4. The topological polar surface area (TPSA) is 69.6 Å². The molecule has 0 bridgehead atoms. The van der Waals surface area contributed by atoms with Crippen molar-refractivity contribution in [2.24, 2.45) is 5.92 Å². The molecule has 2 amide bonds. The molecule has 1 saturated heterocycles. The Morgan fingerprint density at radius 1 is 1.35 bits per heavy atom. The molecule has 108 valence electrons. The van der Waals surface area contributed by atoms with Crippen molar-refractivity contribution >= 4 is 17.7 Å². The van der Waals surface area contributed by atoms with E-state index in [1.165, 1.54) is 5.56 Å². The molecule has 1 heterocycles. The van der Waals surface area contributed by atoms with Crippen molar-refractivity contribution in [3.63, 3.8) is 0 Å². The third kappa shape index (κ3) is 3.50. The van der Waals surface area contributed by atoms with Crippen LogP contribution in [0.25, 0.3) is 0 Å². The summed E-state index contributed by atoms with van der Waals surface area (Å²) in [7, 11) is 0. The van der Waals surface area contributed by atoms with Crippen LogP contribution >= 0.6 is 0 Å². The Kier molecular flexibility index (Phi) is 4.61. The number of benzene rings is 1. The number of anilines is 1. The first-order valence-corrected chi connectivity index (χ1v) is 6.98. The van der Waals surface area contributed by atoms with E-state index in [1.807, 2.05) is 24.3 Å². The highest BCUT2D eigenvalue weighted by Crippen LogP contribution is 2.18. The van der Waals surface area contributed by atoms with Crippen LogP contribution in [0.4, 0.5) is 10.5 Å². The van der Waals surface area contributed by atoms with Gasteiger partial charge in [-0.15, -0.1) is 0 Å². The highest BCUT2D eigenvalue weighted by atomic mass is 16.4. The van der Waals surface area contributed by atoms with Crippen molar-refractivity contribution < 1.29 is 14.7 Å². The van der Waals surface area contributed by atoms with Gasteiger partial charge >= 0.3 is 12.0 Å². The van der Waals surface area contributed by atoms with Crippen LogP contribution in [0.1, 0.15) is 25.3 Å². The van der Waals surface area contributed by atoms with Gasteiger partial charge in [0, 0.05) is 18.8 Å². The number of aliphatic carboxylic acids is 1. The van der Waals surface area contributed by atoms with Crippen molar-refractivity contribution in [2.75, 3.05) is 18.4 Å². The van der Waals surface area contributed by atoms with E-state index in [1.54, 1.807) is 4.90 Å². The quantitative estimate of drug-likeness (QED) is 0.891. The summed E-state index contributed by atoms with van der Waals surface area (Å²) >= 11 is 0. The number of carbonyl (C=O) groups excluding carboxylic acids is 1. The van der Waals surface area contributed by atoms with Gasteiger partial charge in [0.2, 0.25) is 0 Å². The highest BCUT2D eigenvalue weighted by molar-refractivity contribution is 5.89. The minimum absolute atomic E-state index is 0.222. The normalized spacial score (nSPS) is 18.6. The summed E-state index contributed by atoms with van der Waals surface area (Å²) in [6, 6.07) is 7.47. The smallest absolute Gasteiger partial charge is 0.321 e. The molecular formula is C15H20N2O3. The summed E-state index contributed by atoms with van der Waals surface area (Å²) in [6.07, 6.45) is 2.34. The van der Waals surface area contributed by atoms with E-state index < -0.39 is 11.9 Å². The number of amides is 2. The molecule has 5 heteroatoms. The zero-order valence-electron chi connectivity index (χ0n) is 11.6. The van der Waals surface area contributed by atoms with Crippen LogP contribution in [-0.4, -0.2) is 35.1 Å². The number of piperidine rings is 1. The molecule has 0 aromatic heterocycles. The number of hydrogen-bond donors (Lipinski definition) is 2. The lowest BCUT2D eigenvalue weighted by molar-refractivity contribution is -0.143. The number of rotatable bonds is 3. The number of likely N-dealkylation sites (tertiary alicyclic amines) is 1. The lowest BCUT2D eigenvalue weighted by Gasteiger charge is -2.30. The number of carbonyl (C=O) groups is 2. The summed E-state index contributed by atoms with van der Waals surface area (Å²) in [4.78, 5) is 24.7. The summed E-state index contributed by atoms with van der Waals surface area (Å²) in [5, 5.41) is 11.8. The summed E-state index contributed by atoms with van der Waals surface area (Å²) in [6.45, 7) is 2.98. The monoisotopic (exact) mass is 276 g/mol. The second kappa shape index (κ2) is 6.41. The fourth-order valence-electron chi connectivity index (χ4n) is 2.39. The van der Waals surface area contributed by atoms with Gasteiger partial charge in [-0.05, 0) is 37.0 Å². The second-order valence-corrected chi connectivity index (χ2v) is 5.10. The van der Waals surface area contributed by atoms with Crippen LogP contribution in [0.15, 0.2) is 24.3 Å². The molecule has 2 rings (SSSR count). The highest BCUT2D eigenvalue weighted by Gasteiger charge is 2.28. The van der Waals surface area contributed by atoms with E-state index >= 15 is 0 Å². The Hall–Kier alpha value is -2.04. The van der Waals surface area contributed by atoms with E-state index in [-0.39, 0.29) is 12.6 Å². The number of hydrogen-bond acceptors (Lipinski definition) is 2. The zero-order valence-corrected chi connectivity index (χ0v) is 11.6. The minimum Gasteiger partial charge on any atom is -0.481 e. The van der Waals surface area contributed by atoms with Gasteiger partial charge in [0.25, 0.3) is 0 Å². The number of carboxylic acid groups (broad SMARTS) is 1. The van der Waals surface area contributed by atoms with Crippen molar-refractivity contribution in [1.82, 2.24) is 4.90 Å². The standard InChI is InChI=1S/C15H20N2O3/c1-2-11-5-7-13(8-6-11)16-15(20)17-9-3-4-12(10-17)14(18)19/h5-8,12H,2-4,9-10H2,1H3,(H,16,20)(H,18,19)/t12-/m1/s1. The molecule has 0 unspecified atom stereocenters. The third-order valence-electron chi connectivity index (χ3n) is 3.67. The molecular weight excluding hydrogens is 256 g/mol. The molecule has 1 atom stereocenters. The van der Waals surface area contributed by atoms with Gasteiger partial charge in [-0.1, -0.05) is 19.1 Å². The molecule has 1 aromatic carbocycles. The first-order valence-electron chi connectivity index (χ1n) is 6.98. The van der Waals surface area contributed by atoms with Gasteiger partial charge in [-0.25, -0.2) is 4.79 Å². The molecule has 1 fully saturated rings. The first-order chi connectivity index (χ1) is 9.60. The number of nitrogens with zero attached hydrogens (tertiary/aromatic N) is 1. The summed E-state index contributed by atoms with van der Waals surface area (Å²) in [5.74, 6) is -1.27. The van der Waals surface area contributed by atoms with Crippen LogP contribution in [0, 0.1) is 5.92 Å². The van der Waals surface area contributed by atoms with Gasteiger partial charge in [-0.2, -0.15) is 0 Å². The number of urea groups is 1. The van der Waals surface area contributed by atoms with Crippen LogP contribution < -0.4 is 5.32 Å². The summed E-state index contributed by atoms with van der Waals surface area (Å²) in [5.41, 5.74) is 1.96. The Morgan fingerprint density at radius 2 is 2.05 bits per heavy atom. The average Bonchev–Trinajstić information content (AvgIpc) is 2.48. The predicted octanol–water partition coefficient (Wildman–Crippen LogP) is 2.58. The zero-order chi connectivity index (χ0) is 14.5. The maximum Gasteiger partial charge on any atom is 0.321 e. The van der Waals surface area contributed by atoms with E-state index in [0.717, 1.165) is 18.5 Å². The van der Waals surface area contributed by atoms with E-state index in [2.05, 4.69) is 12.2 Å². The molecule has 1 aliphatic rings. The Labute approximate surface area is 118 Å². The van der Waals surface area contributed by atoms with Crippen LogP contribution in [0.3, 0.4) is 0 Å². The van der Waals surface area contributed by atoms with Gasteiger partial charge in [0.1, 0.15) is 0 Å². The maximum atomic E-state index is 12.1. The number of nitrogens with one attached hydrogen (secondary N) is 1. The molecule has 2 N–H and O–H groups in total. The van der Waals surface area contributed by atoms with Gasteiger partial charge in [0.15, 0.2) is 0 Å². The Balaban J connectivity index is 1.95. The molecule has 0 radical (unpaired) electrons. The number of carboxylic acids is 1. The van der Waals surface area contributed by atoms with E-state index in [0.29, 0.717) is 13.0 Å². The molecule has 1 aliphatic heterocycles. The maximum absolute atomic E-state index is 12.1. The SMILES string of the molecule is CCc1ccc(NC(=O)N2CCC[C@@H](C(=O)O)C2)cc1. The van der Waals surface area contributed by atoms with E-state index in [9.17, 15) is 9.59 Å². The fraction of sp³-hybridized carbons (Fsp3) is 0.467. The Bertz CT molecular complexity index is 484. The molecule has 0 spiro atoms. The molecule has 1 aromatic rings. The van der Waals surface area contributed by atoms with Crippen LogP contribution in [0.5, 0.6) is 0 Å². The molecule has 20 heavy (non-hydrogen) atoms. The third-order valence-corrected chi connectivity index (χ3v) is 3.67. The largest absolute Gasteiger partial charge is 0.481 e. The lowest BCUT2D eigenvalue weighted by atomic mass is 9.99. The Morgan fingerprint density at radius 3 is 2.65 bits per heavy atom. The fourth-order valence-corrected chi connectivity index (χ4v) is 2.39. The van der Waals surface area contributed by atoms with Crippen molar-refractivity contribution in [1.29, 1.82) is 0 Å². The number of aryl methyl sites for hydroxylation is 1. The van der Waals surface area contributed by atoms with Gasteiger partial charge < -0.3 is 15.3 Å². The second-order valence-electron chi connectivity index (χ2n) is 5.10. The van der Waals surface area contributed by atoms with Crippen molar-refractivity contribution in [2.45, 2.75) is 26.2 Å². The molecule has 0 aliphatic carbocycles. The average molecular weight is 276 g/mol. The van der Waals surface area contributed by atoms with Crippen molar-refractivity contribution in [3.05, 3.63) is 29.8 Å². The minimum atomic E-state index is -0.824. The van der Waals surface area contributed by atoms with Crippen LogP contribution in [-0.2, 0) is 11.2 Å². The lowest BCUT2D eigenvalue weighted by Crippen LogP contribution is -2.44.